The number of benzene rings is 1. The van der Waals surface area contributed by atoms with Crippen LogP contribution in [0, 0.1) is 13.8 Å². The zero-order chi connectivity index (χ0) is 13.8. The van der Waals surface area contributed by atoms with Crippen molar-refractivity contribution in [3.63, 3.8) is 0 Å². The Morgan fingerprint density at radius 3 is 2.42 bits per heavy atom. The van der Waals surface area contributed by atoms with Gasteiger partial charge in [0.2, 0.25) is 0 Å². The van der Waals surface area contributed by atoms with Crippen molar-refractivity contribution in [1.29, 1.82) is 0 Å². The lowest BCUT2D eigenvalue weighted by Crippen LogP contribution is -2.24. The van der Waals surface area contributed by atoms with Gasteiger partial charge in [-0.05, 0) is 33.8 Å². The average molecular weight is 256 g/mol. The van der Waals surface area contributed by atoms with E-state index in [1.165, 1.54) is 5.56 Å². The van der Waals surface area contributed by atoms with Crippen LogP contribution in [0.1, 0.15) is 25.1 Å². The summed E-state index contributed by atoms with van der Waals surface area (Å²) in [6.07, 6.45) is 0. The minimum Gasteiger partial charge on any atom is -0.356 e. The summed E-state index contributed by atoms with van der Waals surface area (Å²) >= 11 is 0. The molecule has 0 aliphatic heterocycles. The Kier molecular flexibility index (Phi) is 4.10. The highest BCUT2D eigenvalue weighted by atomic mass is 15.3. The van der Waals surface area contributed by atoms with Gasteiger partial charge >= 0.3 is 0 Å². The van der Waals surface area contributed by atoms with Crippen molar-refractivity contribution in [2.75, 3.05) is 18.0 Å². The maximum Gasteiger partial charge on any atom is 0.183 e. The van der Waals surface area contributed by atoms with Crippen LogP contribution in [0.5, 0.6) is 0 Å². The standard InChI is InChI=1S/C15H20N4/c1-5-19(6-2)15-12(4)17-18-14(16-15)13-9-7-8-11(3)10-13/h7-10H,5-6H2,1-4H3. The van der Waals surface area contributed by atoms with E-state index in [9.17, 15) is 0 Å². The summed E-state index contributed by atoms with van der Waals surface area (Å²) in [5, 5.41) is 8.46. The van der Waals surface area contributed by atoms with Gasteiger partial charge in [0.1, 0.15) is 5.69 Å². The SMILES string of the molecule is CCN(CC)c1nc(-c2cccc(C)c2)nnc1C. The fraction of sp³-hybridized carbons (Fsp3) is 0.400. The topological polar surface area (TPSA) is 41.9 Å². The van der Waals surface area contributed by atoms with Crippen LogP contribution in [-0.4, -0.2) is 28.3 Å². The van der Waals surface area contributed by atoms with Gasteiger partial charge < -0.3 is 4.90 Å². The van der Waals surface area contributed by atoms with Gasteiger partial charge in [-0.25, -0.2) is 4.98 Å². The molecule has 0 radical (unpaired) electrons. The molecule has 0 aliphatic rings. The van der Waals surface area contributed by atoms with Crippen LogP contribution in [0.25, 0.3) is 11.4 Å². The maximum atomic E-state index is 4.68. The minimum atomic E-state index is 0.691. The van der Waals surface area contributed by atoms with Crippen molar-refractivity contribution in [3.8, 4) is 11.4 Å². The summed E-state index contributed by atoms with van der Waals surface area (Å²) in [5.74, 6) is 1.62. The van der Waals surface area contributed by atoms with Gasteiger partial charge in [0.25, 0.3) is 0 Å². The highest BCUT2D eigenvalue weighted by Crippen LogP contribution is 2.20. The minimum absolute atomic E-state index is 0.691. The van der Waals surface area contributed by atoms with E-state index in [0.29, 0.717) is 5.82 Å². The molecule has 0 fully saturated rings. The quantitative estimate of drug-likeness (QED) is 0.843. The molecule has 0 saturated carbocycles. The monoisotopic (exact) mass is 256 g/mol. The molecular formula is C15H20N4. The Balaban J connectivity index is 2.46. The predicted molar refractivity (Wildman–Crippen MR) is 78.3 cm³/mol. The number of aryl methyl sites for hydroxylation is 2. The molecule has 0 unspecified atom stereocenters. The van der Waals surface area contributed by atoms with Gasteiger partial charge in [0.15, 0.2) is 11.6 Å². The number of aromatic nitrogens is 3. The summed E-state index contributed by atoms with van der Waals surface area (Å²) in [6, 6.07) is 8.19. The Morgan fingerprint density at radius 2 is 1.79 bits per heavy atom. The van der Waals surface area contributed by atoms with E-state index in [2.05, 4.69) is 53.0 Å². The lowest BCUT2D eigenvalue weighted by atomic mass is 10.1. The molecule has 0 amide bonds. The lowest BCUT2D eigenvalue weighted by molar-refractivity contribution is 0.811. The molecule has 4 heteroatoms. The first kappa shape index (κ1) is 13.5. The highest BCUT2D eigenvalue weighted by Gasteiger charge is 2.12. The zero-order valence-electron chi connectivity index (χ0n) is 12.0. The Labute approximate surface area is 114 Å². The van der Waals surface area contributed by atoms with Crippen LogP contribution in [-0.2, 0) is 0 Å². The number of nitrogens with zero attached hydrogens (tertiary/aromatic N) is 4. The predicted octanol–water partition coefficient (Wildman–Crippen LogP) is 3.00. The molecule has 2 rings (SSSR count). The largest absolute Gasteiger partial charge is 0.356 e. The normalized spacial score (nSPS) is 10.5. The molecule has 0 aliphatic carbocycles. The van der Waals surface area contributed by atoms with Crippen LogP contribution in [0.3, 0.4) is 0 Å². The van der Waals surface area contributed by atoms with Gasteiger partial charge in [0, 0.05) is 18.7 Å². The molecule has 0 spiro atoms. The van der Waals surface area contributed by atoms with Gasteiger partial charge in [-0.3, -0.25) is 0 Å². The second kappa shape index (κ2) is 5.78. The number of hydrogen-bond acceptors (Lipinski definition) is 4. The third-order valence-corrected chi connectivity index (χ3v) is 3.17. The number of rotatable bonds is 4. The summed E-state index contributed by atoms with van der Waals surface area (Å²) in [6.45, 7) is 10.1. The van der Waals surface area contributed by atoms with Crippen molar-refractivity contribution in [2.45, 2.75) is 27.7 Å². The fourth-order valence-corrected chi connectivity index (χ4v) is 2.10. The zero-order valence-corrected chi connectivity index (χ0v) is 12.0. The Morgan fingerprint density at radius 1 is 1.05 bits per heavy atom. The van der Waals surface area contributed by atoms with Crippen molar-refractivity contribution in [2.24, 2.45) is 0 Å². The summed E-state index contributed by atoms with van der Waals surface area (Å²) in [7, 11) is 0. The summed E-state index contributed by atoms with van der Waals surface area (Å²) in [5.41, 5.74) is 3.09. The molecule has 1 aromatic heterocycles. The van der Waals surface area contributed by atoms with Crippen molar-refractivity contribution in [1.82, 2.24) is 15.2 Å². The first-order valence-corrected chi connectivity index (χ1v) is 6.69. The molecule has 19 heavy (non-hydrogen) atoms. The van der Waals surface area contributed by atoms with Crippen molar-refractivity contribution < 1.29 is 0 Å². The van der Waals surface area contributed by atoms with Gasteiger partial charge in [-0.15, -0.1) is 10.2 Å². The van der Waals surface area contributed by atoms with E-state index in [4.69, 9.17) is 0 Å². The van der Waals surface area contributed by atoms with Gasteiger partial charge in [-0.1, -0.05) is 23.8 Å². The van der Waals surface area contributed by atoms with E-state index >= 15 is 0 Å². The molecular weight excluding hydrogens is 236 g/mol. The second-order valence-electron chi connectivity index (χ2n) is 4.59. The molecule has 0 bridgehead atoms. The van der Waals surface area contributed by atoms with Crippen LogP contribution < -0.4 is 4.90 Å². The second-order valence-corrected chi connectivity index (χ2v) is 4.59. The van der Waals surface area contributed by atoms with Crippen LogP contribution >= 0.6 is 0 Å². The molecule has 1 heterocycles. The molecule has 1 aromatic carbocycles. The molecule has 0 saturated heterocycles. The lowest BCUT2D eigenvalue weighted by Gasteiger charge is -2.21. The van der Waals surface area contributed by atoms with Gasteiger partial charge in [0.05, 0.1) is 0 Å². The van der Waals surface area contributed by atoms with E-state index in [-0.39, 0.29) is 0 Å². The molecule has 2 aromatic rings. The van der Waals surface area contributed by atoms with E-state index in [1.807, 2.05) is 19.1 Å². The van der Waals surface area contributed by atoms with E-state index < -0.39 is 0 Å². The molecule has 4 nitrogen and oxygen atoms in total. The highest BCUT2D eigenvalue weighted by molar-refractivity contribution is 5.58. The molecule has 0 atom stereocenters. The van der Waals surface area contributed by atoms with Crippen LogP contribution in [0.15, 0.2) is 24.3 Å². The van der Waals surface area contributed by atoms with E-state index in [1.54, 1.807) is 0 Å². The number of anilines is 1. The average Bonchev–Trinajstić information content (AvgIpc) is 2.42. The smallest absolute Gasteiger partial charge is 0.183 e. The number of hydrogen-bond donors (Lipinski definition) is 0. The third kappa shape index (κ3) is 2.89. The first-order chi connectivity index (χ1) is 9.15. The maximum absolute atomic E-state index is 4.68. The fourth-order valence-electron chi connectivity index (χ4n) is 2.10. The van der Waals surface area contributed by atoms with E-state index in [0.717, 1.165) is 30.2 Å². The van der Waals surface area contributed by atoms with Crippen molar-refractivity contribution in [3.05, 3.63) is 35.5 Å². The summed E-state index contributed by atoms with van der Waals surface area (Å²) < 4.78 is 0. The summed E-state index contributed by atoms with van der Waals surface area (Å²) in [4.78, 5) is 6.88. The molecule has 100 valence electrons. The molecule has 0 N–H and O–H groups in total. The Bertz CT molecular complexity index is 562. The van der Waals surface area contributed by atoms with Crippen LogP contribution in [0.2, 0.25) is 0 Å². The van der Waals surface area contributed by atoms with Gasteiger partial charge in [-0.2, -0.15) is 0 Å². The first-order valence-electron chi connectivity index (χ1n) is 6.69. The Hall–Kier alpha value is -1.97. The van der Waals surface area contributed by atoms with Crippen LogP contribution in [0.4, 0.5) is 5.82 Å². The van der Waals surface area contributed by atoms with Crippen molar-refractivity contribution >= 4 is 5.82 Å². The third-order valence-electron chi connectivity index (χ3n) is 3.17.